The Morgan fingerprint density at radius 2 is 1.31 bits per heavy atom. The molecule has 146 valence electrons. The molecule has 0 amide bonds. The quantitative estimate of drug-likeness (QED) is 0.424. The summed E-state index contributed by atoms with van der Waals surface area (Å²) in [6.45, 7) is 0.942. The summed E-state index contributed by atoms with van der Waals surface area (Å²) in [5.41, 5.74) is 2.19. The number of nitrogens with one attached hydrogen (secondary N) is 2. The molecule has 3 aromatic carbocycles. The highest BCUT2D eigenvalue weighted by atomic mass is 16.3. The standard InChI is InChI=1S/C24H22N2O3/c27-23-21(22(24(23)28)26-16-19-12-7-15-29-19)25-14-13-20(17-8-3-1-4-9-17)18-10-5-2-6-11-18/h1-12,15,20,25-26H,13-14,16H2. The summed E-state index contributed by atoms with van der Waals surface area (Å²) < 4.78 is 5.26. The van der Waals surface area contributed by atoms with E-state index in [0.29, 0.717) is 30.2 Å². The van der Waals surface area contributed by atoms with E-state index in [1.54, 1.807) is 12.3 Å². The molecule has 1 aromatic heterocycles. The Morgan fingerprint density at radius 3 is 1.86 bits per heavy atom. The highest BCUT2D eigenvalue weighted by molar-refractivity contribution is 5.73. The van der Waals surface area contributed by atoms with E-state index >= 15 is 0 Å². The molecule has 0 aliphatic heterocycles. The lowest BCUT2D eigenvalue weighted by molar-refractivity contribution is 0.518. The van der Waals surface area contributed by atoms with Crippen LogP contribution in [0.4, 0.5) is 11.4 Å². The second-order valence-corrected chi connectivity index (χ2v) is 6.93. The molecule has 0 aliphatic carbocycles. The third-order valence-corrected chi connectivity index (χ3v) is 5.07. The molecule has 0 saturated heterocycles. The van der Waals surface area contributed by atoms with Crippen LogP contribution < -0.4 is 21.5 Å². The number of hydrogen-bond donors (Lipinski definition) is 2. The van der Waals surface area contributed by atoms with Crippen LogP contribution in [0.2, 0.25) is 0 Å². The Bertz CT molecular complexity index is 1070. The van der Waals surface area contributed by atoms with Gasteiger partial charge in [0.25, 0.3) is 10.9 Å². The molecular weight excluding hydrogens is 364 g/mol. The van der Waals surface area contributed by atoms with E-state index in [4.69, 9.17) is 4.42 Å². The fourth-order valence-electron chi connectivity index (χ4n) is 3.56. The number of rotatable bonds is 9. The van der Waals surface area contributed by atoms with Gasteiger partial charge in [0.05, 0.1) is 12.8 Å². The van der Waals surface area contributed by atoms with Gasteiger partial charge in [-0.15, -0.1) is 0 Å². The Kier molecular flexibility index (Phi) is 5.56. The third kappa shape index (κ3) is 4.14. The molecule has 0 spiro atoms. The molecule has 0 unspecified atom stereocenters. The molecular formula is C24H22N2O3. The fourth-order valence-corrected chi connectivity index (χ4v) is 3.56. The van der Waals surface area contributed by atoms with Crippen LogP contribution >= 0.6 is 0 Å². The van der Waals surface area contributed by atoms with Crippen molar-refractivity contribution in [2.75, 3.05) is 17.2 Å². The SMILES string of the molecule is O=c1c(NCCC(c2ccccc2)c2ccccc2)c(NCc2ccco2)c1=O. The Hall–Kier alpha value is -3.60. The Labute approximate surface area is 168 Å². The van der Waals surface area contributed by atoms with Crippen LogP contribution in [0.3, 0.4) is 0 Å². The maximum absolute atomic E-state index is 12.0. The molecule has 0 radical (unpaired) electrons. The van der Waals surface area contributed by atoms with Gasteiger partial charge in [-0.3, -0.25) is 9.59 Å². The van der Waals surface area contributed by atoms with Gasteiger partial charge in [-0.2, -0.15) is 0 Å². The van der Waals surface area contributed by atoms with E-state index in [9.17, 15) is 9.59 Å². The average molecular weight is 386 g/mol. The number of furan rings is 1. The van der Waals surface area contributed by atoms with Crippen LogP contribution in [0.1, 0.15) is 29.2 Å². The van der Waals surface area contributed by atoms with Gasteiger partial charge in [-0.1, -0.05) is 60.7 Å². The smallest absolute Gasteiger partial charge is 0.253 e. The summed E-state index contributed by atoms with van der Waals surface area (Å²) in [7, 11) is 0. The third-order valence-electron chi connectivity index (χ3n) is 5.07. The number of hydrogen-bond acceptors (Lipinski definition) is 5. The first-order valence-electron chi connectivity index (χ1n) is 9.67. The zero-order chi connectivity index (χ0) is 20.1. The van der Waals surface area contributed by atoms with Gasteiger partial charge in [-0.05, 0) is 29.7 Å². The van der Waals surface area contributed by atoms with Crippen molar-refractivity contribution in [1.29, 1.82) is 0 Å². The van der Waals surface area contributed by atoms with Crippen molar-refractivity contribution in [3.8, 4) is 0 Å². The lowest BCUT2D eigenvalue weighted by atomic mass is 9.88. The highest BCUT2D eigenvalue weighted by Gasteiger charge is 2.21. The van der Waals surface area contributed by atoms with Crippen molar-refractivity contribution in [2.45, 2.75) is 18.9 Å². The monoisotopic (exact) mass is 386 g/mol. The van der Waals surface area contributed by atoms with Gasteiger partial charge in [0.2, 0.25) is 0 Å². The predicted octanol–water partition coefficient (Wildman–Crippen LogP) is 4.12. The molecule has 5 nitrogen and oxygen atoms in total. The van der Waals surface area contributed by atoms with Crippen molar-refractivity contribution in [3.63, 3.8) is 0 Å². The molecule has 2 N–H and O–H groups in total. The van der Waals surface area contributed by atoms with Crippen molar-refractivity contribution in [2.24, 2.45) is 0 Å². The molecule has 0 bridgehead atoms. The van der Waals surface area contributed by atoms with Crippen LogP contribution in [0, 0.1) is 0 Å². The lowest BCUT2D eigenvalue weighted by Crippen LogP contribution is -2.37. The van der Waals surface area contributed by atoms with E-state index in [0.717, 1.165) is 6.42 Å². The molecule has 1 heterocycles. The zero-order valence-electron chi connectivity index (χ0n) is 15.9. The van der Waals surface area contributed by atoms with Gasteiger partial charge >= 0.3 is 0 Å². The molecule has 0 saturated carbocycles. The molecule has 0 atom stereocenters. The Balaban J connectivity index is 1.44. The maximum Gasteiger partial charge on any atom is 0.253 e. The zero-order valence-corrected chi connectivity index (χ0v) is 15.9. The van der Waals surface area contributed by atoms with Gasteiger partial charge in [0.15, 0.2) is 0 Å². The summed E-state index contributed by atoms with van der Waals surface area (Å²) in [6, 6.07) is 24.2. The molecule has 4 aromatic rings. The van der Waals surface area contributed by atoms with Crippen LogP contribution in [0.5, 0.6) is 0 Å². The van der Waals surface area contributed by atoms with E-state index in [2.05, 4.69) is 34.9 Å². The maximum atomic E-state index is 12.0. The first-order valence-corrected chi connectivity index (χ1v) is 9.67. The summed E-state index contributed by atoms with van der Waals surface area (Å²) >= 11 is 0. The normalized spacial score (nSPS) is 11.1. The molecule has 4 rings (SSSR count). The minimum Gasteiger partial charge on any atom is -0.467 e. The van der Waals surface area contributed by atoms with Gasteiger partial charge < -0.3 is 15.1 Å². The summed E-state index contributed by atoms with van der Waals surface area (Å²) in [4.78, 5) is 23.9. The summed E-state index contributed by atoms with van der Waals surface area (Å²) in [6.07, 6.45) is 2.37. The number of anilines is 2. The van der Waals surface area contributed by atoms with E-state index in [-0.39, 0.29) is 5.92 Å². The van der Waals surface area contributed by atoms with Gasteiger partial charge in [-0.25, -0.2) is 0 Å². The molecule has 0 aliphatic rings. The predicted molar refractivity (Wildman–Crippen MR) is 115 cm³/mol. The highest BCUT2D eigenvalue weighted by Crippen LogP contribution is 2.28. The van der Waals surface area contributed by atoms with Crippen molar-refractivity contribution in [3.05, 3.63) is 116 Å². The van der Waals surface area contributed by atoms with Crippen LogP contribution in [-0.2, 0) is 6.54 Å². The van der Waals surface area contributed by atoms with Crippen molar-refractivity contribution >= 4 is 11.4 Å². The first kappa shape index (κ1) is 18.7. The second kappa shape index (κ2) is 8.61. The minimum atomic E-state index is -0.485. The molecule has 5 heteroatoms. The van der Waals surface area contributed by atoms with Gasteiger partial charge in [0, 0.05) is 12.5 Å². The second-order valence-electron chi connectivity index (χ2n) is 6.93. The van der Waals surface area contributed by atoms with Crippen LogP contribution in [0.15, 0.2) is 93.1 Å². The van der Waals surface area contributed by atoms with Crippen molar-refractivity contribution in [1.82, 2.24) is 0 Å². The summed E-state index contributed by atoms with van der Waals surface area (Å²) in [5, 5.41) is 6.17. The largest absolute Gasteiger partial charge is 0.467 e. The van der Waals surface area contributed by atoms with Crippen LogP contribution in [0.25, 0.3) is 0 Å². The molecule has 0 fully saturated rings. The van der Waals surface area contributed by atoms with Gasteiger partial charge in [0.1, 0.15) is 17.1 Å². The Morgan fingerprint density at radius 1 is 0.724 bits per heavy atom. The number of benzene rings is 2. The average Bonchev–Trinajstić information content (AvgIpc) is 3.29. The molecule has 29 heavy (non-hydrogen) atoms. The summed E-state index contributed by atoms with van der Waals surface area (Å²) in [5.74, 6) is 0.910. The topological polar surface area (TPSA) is 71.3 Å². The van der Waals surface area contributed by atoms with Crippen LogP contribution in [-0.4, -0.2) is 6.54 Å². The lowest BCUT2D eigenvalue weighted by Gasteiger charge is -2.20. The minimum absolute atomic E-state index is 0.205. The van der Waals surface area contributed by atoms with Crippen molar-refractivity contribution < 1.29 is 4.42 Å². The first-order chi connectivity index (χ1) is 14.2. The van der Waals surface area contributed by atoms with E-state index < -0.39 is 10.9 Å². The van der Waals surface area contributed by atoms with E-state index in [1.165, 1.54) is 11.1 Å². The fraction of sp³-hybridized carbons (Fsp3) is 0.167. The van der Waals surface area contributed by atoms with E-state index in [1.807, 2.05) is 42.5 Å².